The van der Waals surface area contributed by atoms with Crippen molar-refractivity contribution in [2.45, 2.75) is 44.9 Å². The summed E-state index contributed by atoms with van der Waals surface area (Å²) in [5, 5.41) is 20.9. The van der Waals surface area contributed by atoms with E-state index in [1.807, 2.05) is 55.5 Å². The predicted molar refractivity (Wildman–Crippen MR) is 168 cm³/mol. The van der Waals surface area contributed by atoms with Gasteiger partial charge >= 0.3 is 0 Å². The van der Waals surface area contributed by atoms with E-state index in [0.29, 0.717) is 55.2 Å². The number of rotatable bonds is 14. The summed E-state index contributed by atoms with van der Waals surface area (Å²) in [6.07, 6.45) is 0.885. The first-order valence-corrected chi connectivity index (χ1v) is 14.0. The van der Waals surface area contributed by atoms with Crippen LogP contribution in [-0.2, 0) is 17.8 Å². The largest absolute Gasteiger partial charge is 0.497 e. The van der Waals surface area contributed by atoms with Crippen molar-refractivity contribution < 1.29 is 24.2 Å². The second kappa shape index (κ2) is 16.0. The number of aliphatic hydroxyl groups is 1. The van der Waals surface area contributed by atoms with Gasteiger partial charge in [0.1, 0.15) is 11.5 Å². The highest BCUT2D eigenvalue weighted by molar-refractivity contribution is 6.00. The number of nitrogens with zero attached hydrogens (tertiary/aromatic N) is 1. The number of hydrogen-bond donors (Lipinski definition) is 4. The molecular formula is C32H41ClN4O5. The van der Waals surface area contributed by atoms with Gasteiger partial charge in [-0.25, -0.2) is 0 Å². The molecule has 0 aliphatic carbocycles. The van der Waals surface area contributed by atoms with Crippen molar-refractivity contribution in [3.05, 3.63) is 83.4 Å². The SMILES string of the molecule is CCNc1cc(C(=O)N[C@@H](Cc2ccccc2)[C@H](O)CNCc2cc(OC)cc(OC)c2)cc(N2CCCC2=O)c1.Cl. The van der Waals surface area contributed by atoms with Crippen LogP contribution in [0.4, 0.5) is 11.4 Å². The third kappa shape index (κ3) is 8.85. The van der Waals surface area contributed by atoms with E-state index in [0.717, 1.165) is 23.2 Å². The molecule has 0 aromatic heterocycles. The maximum Gasteiger partial charge on any atom is 0.251 e. The molecule has 4 rings (SSSR count). The van der Waals surface area contributed by atoms with Gasteiger partial charge in [0, 0.05) is 55.6 Å². The lowest BCUT2D eigenvalue weighted by Gasteiger charge is -2.25. The van der Waals surface area contributed by atoms with Crippen LogP contribution in [0.25, 0.3) is 0 Å². The van der Waals surface area contributed by atoms with Crippen molar-refractivity contribution in [2.24, 2.45) is 0 Å². The van der Waals surface area contributed by atoms with E-state index in [1.54, 1.807) is 37.3 Å². The molecule has 42 heavy (non-hydrogen) atoms. The summed E-state index contributed by atoms with van der Waals surface area (Å²) in [4.78, 5) is 27.7. The topological polar surface area (TPSA) is 112 Å². The Hall–Kier alpha value is -3.79. The number of benzene rings is 3. The number of halogens is 1. The van der Waals surface area contributed by atoms with E-state index < -0.39 is 12.1 Å². The minimum Gasteiger partial charge on any atom is -0.497 e. The Morgan fingerprint density at radius 3 is 2.33 bits per heavy atom. The van der Waals surface area contributed by atoms with E-state index in [-0.39, 0.29) is 30.8 Å². The van der Waals surface area contributed by atoms with Gasteiger partial charge in [-0.2, -0.15) is 0 Å². The van der Waals surface area contributed by atoms with Crippen LogP contribution in [0.5, 0.6) is 11.5 Å². The molecule has 0 spiro atoms. The second-order valence-corrected chi connectivity index (χ2v) is 10.1. The predicted octanol–water partition coefficient (Wildman–Crippen LogP) is 4.18. The molecule has 1 aliphatic heterocycles. The average molecular weight is 597 g/mol. The van der Waals surface area contributed by atoms with Crippen molar-refractivity contribution in [3.8, 4) is 11.5 Å². The number of ether oxygens (including phenoxy) is 2. The molecule has 9 nitrogen and oxygen atoms in total. The molecule has 0 unspecified atom stereocenters. The van der Waals surface area contributed by atoms with Crippen molar-refractivity contribution in [3.63, 3.8) is 0 Å². The summed E-state index contributed by atoms with van der Waals surface area (Å²) >= 11 is 0. The van der Waals surface area contributed by atoms with Gasteiger partial charge in [-0.05, 0) is 61.2 Å². The van der Waals surface area contributed by atoms with Gasteiger partial charge in [-0.3, -0.25) is 9.59 Å². The quantitative estimate of drug-likeness (QED) is 0.221. The van der Waals surface area contributed by atoms with Gasteiger partial charge in [-0.1, -0.05) is 30.3 Å². The van der Waals surface area contributed by atoms with Crippen LogP contribution in [0.1, 0.15) is 41.3 Å². The average Bonchev–Trinajstić information content (AvgIpc) is 3.42. The highest BCUT2D eigenvalue weighted by atomic mass is 35.5. The van der Waals surface area contributed by atoms with Crippen molar-refractivity contribution in [1.82, 2.24) is 10.6 Å². The standard InChI is InChI=1S/C32H40N4O5.ClH/c1-4-34-25-16-24(17-26(18-25)36-12-8-11-31(36)38)32(39)35-29(15-22-9-6-5-7-10-22)30(37)21-33-20-23-13-27(40-2)19-28(14-23)41-3;/h5-7,9-10,13-14,16-19,29-30,33-34,37H,4,8,11-12,15,20-21H2,1-3H3,(H,35,39);1H/t29-,30+;/m0./s1. The number of anilines is 2. The molecule has 0 bridgehead atoms. The fourth-order valence-electron chi connectivity index (χ4n) is 5.00. The lowest BCUT2D eigenvalue weighted by molar-refractivity contribution is -0.117. The molecule has 3 aromatic carbocycles. The van der Waals surface area contributed by atoms with E-state index >= 15 is 0 Å². The second-order valence-electron chi connectivity index (χ2n) is 10.1. The van der Waals surface area contributed by atoms with Crippen molar-refractivity contribution in [2.75, 3.05) is 44.1 Å². The van der Waals surface area contributed by atoms with E-state index in [9.17, 15) is 14.7 Å². The molecule has 0 radical (unpaired) electrons. The molecule has 2 amide bonds. The molecule has 226 valence electrons. The number of amides is 2. The maximum atomic E-state index is 13.6. The van der Waals surface area contributed by atoms with Gasteiger partial charge < -0.3 is 35.4 Å². The summed E-state index contributed by atoms with van der Waals surface area (Å²) in [5.41, 5.74) is 3.84. The van der Waals surface area contributed by atoms with Gasteiger partial charge in [0.15, 0.2) is 0 Å². The van der Waals surface area contributed by atoms with Crippen LogP contribution in [0, 0.1) is 0 Å². The third-order valence-electron chi connectivity index (χ3n) is 7.12. The molecule has 3 aromatic rings. The zero-order valence-corrected chi connectivity index (χ0v) is 25.2. The van der Waals surface area contributed by atoms with Crippen LogP contribution in [0.15, 0.2) is 66.7 Å². The van der Waals surface area contributed by atoms with Crippen LogP contribution in [-0.4, -0.2) is 62.9 Å². The van der Waals surface area contributed by atoms with E-state index in [2.05, 4.69) is 16.0 Å². The first-order chi connectivity index (χ1) is 19.9. The smallest absolute Gasteiger partial charge is 0.251 e. The third-order valence-corrected chi connectivity index (χ3v) is 7.12. The fourth-order valence-corrected chi connectivity index (χ4v) is 5.00. The summed E-state index contributed by atoms with van der Waals surface area (Å²) in [6.45, 7) is 4.03. The minimum atomic E-state index is -0.872. The lowest BCUT2D eigenvalue weighted by atomic mass is 10.00. The summed E-state index contributed by atoms with van der Waals surface area (Å²) in [6, 6.07) is 20.3. The van der Waals surface area contributed by atoms with Crippen LogP contribution in [0.3, 0.4) is 0 Å². The van der Waals surface area contributed by atoms with Crippen LogP contribution < -0.4 is 30.3 Å². The highest BCUT2D eigenvalue weighted by Gasteiger charge is 2.26. The van der Waals surface area contributed by atoms with Crippen LogP contribution in [0.2, 0.25) is 0 Å². The Labute approximate surface area is 254 Å². The molecule has 0 saturated carbocycles. The number of methoxy groups -OCH3 is 2. The summed E-state index contributed by atoms with van der Waals surface area (Å²) < 4.78 is 10.7. The molecule has 1 saturated heterocycles. The Kier molecular flexibility index (Phi) is 12.5. The Morgan fingerprint density at radius 1 is 1.00 bits per heavy atom. The Bertz CT molecular complexity index is 1300. The van der Waals surface area contributed by atoms with Crippen molar-refractivity contribution in [1.29, 1.82) is 0 Å². The van der Waals surface area contributed by atoms with Gasteiger partial charge in [-0.15, -0.1) is 12.4 Å². The number of hydrogen-bond acceptors (Lipinski definition) is 7. The Morgan fingerprint density at radius 2 is 1.71 bits per heavy atom. The minimum absolute atomic E-state index is 0. The molecule has 1 aliphatic rings. The van der Waals surface area contributed by atoms with Gasteiger partial charge in [0.2, 0.25) is 5.91 Å². The maximum absolute atomic E-state index is 13.6. The zero-order chi connectivity index (χ0) is 29.2. The summed E-state index contributed by atoms with van der Waals surface area (Å²) in [5.74, 6) is 1.12. The van der Waals surface area contributed by atoms with Crippen molar-refractivity contribution >= 4 is 35.6 Å². The normalized spacial score (nSPS) is 14.1. The number of aliphatic hydroxyl groups excluding tert-OH is 1. The fraction of sp³-hybridized carbons (Fsp3) is 0.375. The van der Waals surface area contributed by atoms with Crippen LogP contribution >= 0.6 is 12.4 Å². The van der Waals surface area contributed by atoms with Gasteiger partial charge in [0.25, 0.3) is 5.91 Å². The molecular weight excluding hydrogens is 556 g/mol. The monoisotopic (exact) mass is 596 g/mol. The molecule has 10 heteroatoms. The van der Waals surface area contributed by atoms with E-state index in [1.165, 1.54) is 0 Å². The Balaban J connectivity index is 0.00000484. The highest BCUT2D eigenvalue weighted by Crippen LogP contribution is 2.27. The number of carbonyl (C=O) groups excluding carboxylic acids is 2. The first kappa shape index (κ1) is 32.7. The first-order valence-electron chi connectivity index (χ1n) is 14.0. The zero-order valence-electron chi connectivity index (χ0n) is 24.4. The molecule has 1 fully saturated rings. The van der Waals surface area contributed by atoms with E-state index in [4.69, 9.17) is 9.47 Å². The molecule has 1 heterocycles. The molecule has 2 atom stereocenters. The number of carbonyl (C=O) groups is 2. The summed E-state index contributed by atoms with van der Waals surface area (Å²) in [7, 11) is 3.21. The molecule has 4 N–H and O–H groups in total. The number of nitrogens with one attached hydrogen (secondary N) is 3. The lowest BCUT2D eigenvalue weighted by Crippen LogP contribution is -2.48. The van der Waals surface area contributed by atoms with Gasteiger partial charge in [0.05, 0.1) is 26.4 Å².